The van der Waals surface area contributed by atoms with Crippen molar-refractivity contribution < 1.29 is 4.79 Å². The SMILES string of the molecule is Cc1ccc(NC(=O)Cn2nnc(-c3ccc(Br)cc3)n2)cc1Cl. The van der Waals surface area contributed by atoms with E-state index in [0.717, 1.165) is 15.6 Å². The smallest absolute Gasteiger partial charge is 0.248 e. The number of halogens is 2. The van der Waals surface area contributed by atoms with Crippen molar-refractivity contribution in [2.75, 3.05) is 5.32 Å². The van der Waals surface area contributed by atoms with Crippen LogP contribution < -0.4 is 5.32 Å². The van der Waals surface area contributed by atoms with Crippen molar-refractivity contribution in [3.05, 3.63) is 57.5 Å². The summed E-state index contributed by atoms with van der Waals surface area (Å²) >= 11 is 9.42. The van der Waals surface area contributed by atoms with Gasteiger partial charge in [-0.3, -0.25) is 4.79 Å². The predicted octanol–water partition coefficient (Wildman–Crippen LogP) is 3.70. The summed E-state index contributed by atoms with van der Waals surface area (Å²) in [7, 11) is 0. The van der Waals surface area contributed by atoms with Crippen LogP contribution in [0, 0.1) is 6.92 Å². The second-order valence-electron chi connectivity index (χ2n) is 5.16. The van der Waals surface area contributed by atoms with Crippen molar-refractivity contribution in [3.63, 3.8) is 0 Å². The van der Waals surface area contributed by atoms with E-state index in [0.29, 0.717) is 16.5 Å². The molecule has 0 aliphatic carbocycles. The maximum atomic E-state index is 12.1. The number of hydrogen-bond donors (Lipinski definition) is 1. The highest BCUT2D eigenvalue weighted by Crippen LogP contribution is 2.20. The molecule has 3 rings (SSSR count). The molecular weight excluding hydrogens is 394 g/mol. The van der Waals surface area contributed by atoms with Crippen LogP contribution in [0.25, 0.3) is 11.4 Å². The minimum absolute atomic E-state index is 0.0327. The second-order valence-corrected chi connectivity index (χ2v) is 6.49. The number of benzene rings is 2. The van der Waals surface area contributed by atoms with Crippen LogP contribution in [0.5, 0.6) is 0 Å². The Hall–Kier alpha value is -2.25. The molecule has 0 spiro atoms. The summed E-state index contributed by atoms with van der Waals surface area (Å²) in [6, 6.07) is 12.9. The number of nitrogens with one attached hydrogen (secondary N) is 1. The average molecular weight is 407 g/mol. The Labute approximate surface area is 152 Å². The number of anilines is 1. The Morgan fingerprint density at radius 3 is 2.71 bits per heavy atom. The van der Waals surface area contributed by atoms with Gasteiger partial charge in [0.2, 0.25) is 11.7 Å². The van der Waals surface area contributed by atoms with E-state index in [1.807, 2.05) is 37.3 Å². The fourth-order valence-corrected chi connectivity index (χ4v) is 2.47. The van der Waals surface area contributed by atoms with Gasteiger partial charge >= 0.3 is 0 Å². The van der Waals surface area contributed by atoms with Gasteiger partial charge in [0.05, 0.1) is 0 Å². The molecule has 24 heavy (non-hydrogen) atoms. The Morgan fingerprint density at radius 1 is 1.25 bits per heavy atom. The van der Waals surface area contributed by atoms with Crippen molar-refractivity contribution in [2.45, 2.75) is 13.5 Å². The molecule has 0 radical (unpaired) electrons. The largest absolute Gasteiger partial charge is 0.324 e. The number of aryl methyl sites for hydroxylation is 1. The van der Waals surface area contributed by atoms with Gasteiger partial charge in [-0.05, 0) is 54.1 Å². The third-order valence-electron chi connectivity index (χ3n) is 3.30. The van der Waals surface area contributed by atoms with Gasteiger partial charge in [0.15, 0.2) is 0 Å². The summed E-state index contributed by atoms with van der Waals surface area (Å²) in [6.45, 7) is 1.87. The molecule has 6 nitrogen and oxygen atoms in total. The van der Waals surface area contributed by atoms with Gasteiger partial charge < -0.3 is 5.32 Å². The van der Waals surface area contributed by atoms with Gasteiger partial charge in [-0.2, -0.15) is 4.80 Å². The van der Waals surface area contributed by atoms with Crippen molar-refractivity contribution in [3.8, 4) is 11.4 Å². The average Bonchev–Trinajstić information content (AvgIpc) is 3.00. The summed E-state index contributed by atoms with van der Waals surface area (Å²) in [5.41, 5.74) is 2.41. The molecule has 0 aliphatic rings. The molecule has 0 atom stereocenters. The zero-order chi connectivity index (χ0) is 17.1. The Bertz CT molecular complexity index is 878. The van der Waals surface area contributed by atoms with Crippen LogP contribution in [0.1, 0.15) is 5.56 Å². The molecule has 1 heterocycles. The summed E-state index contributed by atoms with van der Waals surface area (Å²) in [4.78, 5) is 13.3. The predicted molar refractivity (Wildman–Crippen MR) is 95.8 cm³/mol. The number of rotatable bonds is 4. The second kappa shape index (κ2) is 7.11. The van der Waals surface area contributed by atoms with Gasteiger partial charge in [-0.1, -0.05) is 33.6 Å². The first-order chi connectivity index (χ1) is 11.5. The highest BCUT2D eigenvalue weighted by atomic mass is 79.9. The van der Waals surface area contributed by atoms with Crippen molar-refractivity contribution in [1.82, 2.24) is 20.2 Å². The van der Waals surface area contributed by atoms with E-state index < -0.39 is 0 Å². The van der Waals surface area contributed by atoms with Crippen LogP contribution >= 0.6 is 27.5 Å². The van der Waals surface area contributed by atoms with Crippen molar-refractivity contribution in [2.24, 2.45) is 0 Å². The molecule has 0 saturated carbocycles. The van der Waals surface area contributed by atoms with E-state index >= 15 is 0 Å². The van der Waals surface area contributed by atoms with E-state index in [2.05, 4.69) is 36.7 Å². The lowest BCUT2D eigenvalue weighted by atomic mass is 10.2. The third-order valence-corrected chi connectivity index (χ3v) is 4.23. The summed E-state index contributed by atoms with van der Waals surface area (Å²) in [5, 5.41) is 15.4. The lowest BCUT2D eigenvalue weighted by Crippen LogP contribution is -2.20. The van der Waals surface area contributed by atoms with Crippen molar-refractivity contribution >= 4 is 39.1 Å². The Kier molecular flexibility index (Phi) is 4.92. The fourth-order valence-electron chi connectivity index (χ4n) is 2.02. The van der Waals surface area contributed by atoms with Crippen molar-refractivity contribution in [1.29, 1.82) is 0 Å². The number of hydrogen-bond acceptors (Lipinski definition) is 4. The van der Waals surface area contributed by atoms with Gasteiger partial charge in [-0.15, -0.1) is 10.2 Å². The molecule has 8 heteroatoms. The molecule has 1 aromatic heterocycles. The molecular formula is C16H13BrClN5O. The number of amides is 1. The summed E-state index contributed by atoms with van der Waals surface area (Å²) < 4.78 is 0.967. The van der Waals surface area contributed by atoms with Crippen LogP contribution in [-0.4, -0.2) is 26.1 Å². The fraction of sp³-hybridized carbons (Fsp3) is 0.125. The maximum absolute atomic E-state index is 12.1. The van der Waals surface area contributed by atoms with Gasteiger partial charge in [0.25, 0.3) is 0 Å². The number of aromatic nitrogens is 4. The zero-order valence-corrected chi connectivity index (χ0v) is 15.0. The van der Waals surface area contributed by atoms with Gasteiger partial charge in [0, 0.05) is 20.7 Å². The first kappa shape index (κ1) is 16.6. The molecule has 122 valence electrons. The lowest BCUT2D eigenvalue weighted by molar-refractivity contribution is -0.117. The number of carbonyl (C=O) groups is 1. The third kappa shape index (κ3) is 3.98. The minimum atomic E-state index is -0.255. The number of carbonyl (C=O) groups excluding carboxylic acids is 1. The molecule has 0 bridgehead atoms. The Balaban J connectivity index is 1.66. The van der Waals surface area contributed by atoms with Crippen LogP contribution in [0.15, 0.2) is 46.9 Å². The summed E-state index contributed by atoms with van der Waals surface area (Å²) in [6.07, 6.45) is 0. The normalized spacial score (nSPS) is 10.6. The van der Waals surface area contributed by atoms with E-state index in [1.54, 1.807) is 12.1 Å². The molecule has 1 amide bonds. The maximum Gasteiger partial charge on any atom is 0.248 e. The monoisotopic (exact) mass is 405 g/mol. The molecule has 2 aromatic carbocycles. The molecule has 0 aliphatic heterocycles. The van der Waals surface area contributed by atoms with E-state index in [4.69, 9.17) is 11.6 Å². The number of nitrogens with zero attached hydrogens (tertiary/aromatic N) is 4. The van der Waals surface area contributed by atoms with Crippen LogP contribution in [0.2, 0.25) is 5.02 Å². The lowest BCUT2D eigenvalue weighted by Gasteiger charge is -2.06. The highest BCUT2D eigenvalue weighted by molar-refractivity contribution is 9.10. The highest BCUT2D eigenvalue weighted by Gasteiger charge is 2.10. The van der Waals surface area contributed by atoms with Crippen LogP contribution in [0.4, 0.5) is 5.69 Å². The topological polar surface area (TPSA) is 72.7 Å². The zero-order valence-electron chi connectivity index (χ0n) is 12.7. The Morgan fingerprint density at radius 2 is 2.00 bits per heavy atom. The quantitative estimate of drug-likeness (QED) is 0.717. The standard InChI is InChI=1S/C16H13BrClN5O/c1-10-2-7-13(8-14(10)18)19-15(24)9-23-21-16(20-22-23)11-3-5-12(17)6-4-11/h2-8H,9H2,1H3,(H,19,24). The molecule has 0 unspecified atom stereocenters. The molecule has 1 N–H and O–H groups in total. The van der Waals surface area contributed by atoms with Crippen LogP contribution in [0.3, 0.4) is 0 Å². The van der Waals surface area contributed by atoms with Gasteiger partial charge in [0.1, 0.15) is 6.54 Å². The van der Waals surface area contributed by atoms with E-state index in [1.165, 1.54) is 4.80 Å². The summed E-state index contributed by atoms with van der Waals surface area (Å²) in [5.74, 6) is 0.211. The number of tetrazole rings is 1. The minimum Gasteiger partial charge on any atom is -0.324 e. The first-order valence-electron chi connectivity index (χ1n) is 7.11. The first-order valence-corrected chi connectivity index (χ1v) is 8.28. The van der Waals surface area contributed by atoms with E-state index in [-0.39, 0.29) is 12.5 Å². The molecule has 0 fully saturated rings. The molecule has 0 saturated heterocycles. The molecule has 3 aromatic rings. The van der Waals surface area contributed by atoms with E-state index in [9.17, 15) is 4.79 Å². The van der Waals surface area contributed by atoms with Gasteiger partial charge in [-0.25, -0.2) is 0 Å². The van der Waals surface area contributed by atoms with Crippen LogP contribution in [-0.2, 0) is 11.3 Å².